The van der Waals surface area contributed by atoms with Gasteiger partial charge in [-0.3, -0.25) is 4.79 Å². The lowest BCUT2D eigenvalue weighted by Gasteiger charge is -2.16. The number of rotatable bonds is 7. The Hall–Kier alpha value is -2.25. The molecule has 32 heavy (non-hydrogen) atoms. The molecule has 0 aliphatic heterocycles. The van der Waals surface area contributed by atoms with Crippen molar-refractivity contribution >= 4 is 75.3 Å². The third-order valence-corrected chi connectivity index (χ3v) is 6.47. The van der Waals surface area contributed by atoms with E-state index in [1.54, 1.807) is 18.2 Å². The maximum absolute atomic E-state index is 12.8. The molecule has 0 spiro atoms. The van der Waals surface area contributed by atoms with Crippen LogP contribution in [0.5, 0.6) is 0 Å². The van der Waals surface area contributed by atoms with Crippen LogP contribution < -0.4 is 16.0 Å². The third kappa shape index (κ3) is 7.41. The molecule has 0 bridgehead atoms. The summed E-state index contributed by atoms with van der Waals surface area (Å²) < 4.78 is 0. The van der Waals surface area contributed by atoms with E-state index in [4.69, 9.17) is 35.4 Å². The van der Waals surface area contributed by atoms with Crippen LogP contribution in [0.3, 0.4) is 0 Å². The van der Waals surface area contributed by atoms with Gasteiger partial charge in [-0.05, 0) is 74.1 Å². The molecule has 1 unspecified atom stereocenters. The highest BCUT2D eigenvalue weighted by molar-refractivity contribution is 8.00. The Morgan fingerprint density at radius 3 is 2.22 bits per heavy atom. The number of carbonyl (C=O) groups excluding carboxylic acids is 1. The van der Waals surface area contributed by atoms with Crippen LogP contribution in [0.1, 0.15) is 18.9 Å². The highest BCUT2D eigenvalue weighted by atomic mass is 35.5. The Kier molecular flexibility index (Phi) is 8.82. The molecule has 1 atom stereocenters. The number of nitrogens with one attached hydrogen (secondary N) is 3. The normalized spacial score (nSPS) is 11.5. The molecule has 8 heteroatoms. The van der Waals surface area contributed by atoms with Gasteiger partial charge in [0.05, 0.1) is 5.25 Å². The largest absolute Gasteiger partial charge is 0.332 e. The first-order valence-electron chi connectivity index (χ1n) is 10.0. The van der Waals surface area contributed by atoms with E-state index in [-0.39, 0.29) is 11.2 Å². The monoisotopic (exact) mass is 503 g/mol. The lowest BCUT2D eigenvalue weighted by molar-refractivity contribution is -0.115. The lowest BCUT2D eigenvalue weighted by Crippen LogP contribution is -2.24. The van der Waals surface area contributed by atoms with Gasteiger partial charge in [-0.2, -0.15) is 0 Å². The third-order valence-electron chi connectivity index (χ3n) is 4.47. The summed E-state index contributed by atoms with van der Waals surface area (Å²) in [6.45, 7) is 4.02. The van der Waals surface area contributed by atoms with Gasteiger partial charge in [0.2, 0.25) is 5.91 Å². The molecule has 4 nitrogen and oxygen atoms in total. The molecule has 1 amide bonds. The van der Waals surface area contributed by atoms with Gasteiger partial charge < -0.3 is 16.0 Å². The fourth-order valence-corrected chi connectivity index (χ4v) is 4.69. The molecule has 3 rings (SSSR count). The van der Waals surface area contributed by atoms with Gasteiger partial charge in [-0.15, -0.1) is 11.8 Å². The lowest BCUT2D eigenvalue weighted by atomic mass is 10.2. The smallest absolute Gasteiger partial charge is 0.237 e. The number of benzene rings is 3. The quantitative estimate of drug-likeness (QED) is 0.228. The SMILES string of the molecule is CCC(Sc1cccc(NC(=S)Nc2ccc(C)cc2)c1)C(=O)Nc1cc(Cl)cc(Cl)c1. The van der Waals surface area contributed by atoms with Crippen molar-refractivity contribution in [2.45, 2.75) is 30.4 Å². The van der Waals surface area contributed by atoms with Crippen LogP contribution in [0, 0.1) is 6.92 Å². The number of thiocarbonyl (C=S) groups is 1. The maximum atomic E-state index is 12.8. The number of aryl methyl sites for hydroxylation is 1. The molecule has 3 aromatic rings. The first-order chi connectivity index (χ1) is 15.3. The minimum Gasteiger partial charge on any atom is -0.332 e. The van der Waals surface area contributed by atoms with E-state index in [9.17, 15) is 4.79 Å². The van der Waals surface area contributed by atoms with E-state index >= 15 is 0 Å². The topological polar surface area (TPSA) is 53.2 Å². The van der Waals surface area contributed by atoms with Crippen molar-refractivity contribution in [3.8, 4) is 0 Å². The van der Waals surface area contributed by atoms with Crippen molar-refractivity contribution in [3.63, 3.8) is 0 Å². The zero-order valence-corrected chi connectivity index (χ0v) is 20.8. The van der Waals surface area contributed by atoms with Crippen LogP contribution in [-0.4, -0.2) is 16.3 Å². The van der Waals surface area contributed by atoms with Crippen molar-refractivity contribution in [1.29, 1.82) is 0 Å². The Balaban J connectivity index is 1.62. The standard InChI is InChI=1S/C24H23Cl2N3OS2/c1-3-22(23(30)27-20-12-16(25)11-17(26)13-20)32-21-6-4-5-19(14-21)29-24(31)28-18-9-7-15(2)8-10-18/h4-14,22H,3H2,1-2H3,(H,27,30)(H2,28,29,31). The molecular formula is C24H23Cl2N3OS2. The second kappa shape index (κ2) is 11.6. The number of carbonyl (C=O) groups is 1. The molecule has 0 aromatic heterocycles. The summed E-state index contributed by atoms with van der Waals surface area (Å²) in [5, 5.41) is 10.4. The molecule has 3 aromatic carbocycles. The second-order valence-electron chi connectivity index (χ2n) is 7.14. The van der Waals surface area contributed by atoms with Crippen LogP contribution >= 0.6 is 47.2 Å². The van der Waals surface area contributed by atoms with Crippen LogP contribution in [0.2, 0.25) is 10.0 Å². The Bertz CT molecular complexity index is 1090. The van der Waals surface area contributed by atoms with Crippen LogP contribution in [0.25, 0.3) is 0 Å². The average Bonchev–Trinajstić information content (AvgIpc) is 2.73. The molecule has 166 valence electrons. The van der Waals surface area contributed by atoms with Gasteiger partial charge >= 0.3 is 0 Å². The second-order valence-corrected chi connectivity index (χ2v) is 9.69. The van der Waals surface area contributed by atoms with Crippen molar-refractivity contribution in [2.24, 2.45) is 0 Å². The Morgan fingerprint density at radius 1 is 0.906 bits per heavy atom. The maximum Gasteiger partial charge on any atom is 0.237 e. The zero-order chi connectivity index (χ0) is 23.1. The van der Waals surface area contributed by atoms with Gasteiger partial charge in [0.15, 0.2) is 5.11 Å². The van der Waals surface area contributed by atoms with E-state index in [2.05, 4.69) is 16.0 Å². The summed E-state index contributed by atoms with van der Waals surface area (Å²) >= 11 is 19.0. The highest BCUT2D eigenvalue weighted by Crippen LogP contribution is 2.29. The number of hydrogen-bond acceptors (Lipinski definition) is 3. The highest BCUT2D eigenvalue weighted by Gasteiger charge is 2.18. The molecular weight excluding hydrogens is 481 g/mol. The van der Waals surface area contributed by atoms with Crippen molar-refractivity contribution in [3.05, 3.63) is 82.3 Å². The Morgan fingerprint density at radius 2 is 1.56 bits per heavy atom. The number of thioether (sulfide) groups is 1. The van der Waals surface area contributed by atoms with Crippen molar-refractivity contribution in [2.75, 3.05) is 16.0 Å². The summed E-state index contributed by atoms with van der Waals surface area (Å²) in [5.41, 5.74) is 3.53. The van der Waals surface area contributed by atoms with Crippen molar-refractivity contribution in [1.82, 2.24) is 0 Å². The summed E-state index contributed by atoms with van der Waals surface area (Å²) in [7, 11) is 0. The first kappa shape index (κ1) is 24.4. The fraction of sp³-hybridized carbons (Fsp3) is 0.167. The first-order valence-corrected chi connectivity index (χ1v) is 12.0. The average molecular weight is 505 g/mol. The van der Waals surface area contributed by atoms with Crippen LogP contribution in [0.4, 0.5) is 17.1 Å². The number of amides is 1. The predicted molar refractivity (Wildman–Crippen MR) is 142 cm³/mol. The Labute approximate surface area is 208 Å². The van der Waals surface area contributed by atoms with Crippen molar-refractivity contribution < 1.29 is 4.79 Å². The molecule has 0 saturated carbocycles. The van der Waals surface area contributed by atoms with Gasteiger partial charge in [-0.1, -0.05) is 53.9 Å². The minimum absolute atomic E-state index is 0.106. The van der Waals surface area contributed by atoms with Crippen LogP contribution in [-0.2, 0) is 4.79 Å². The molecule has 0 radical (unpaired) electrons. The van der Waals surface area contributed by atoms with Gasteiger partial charge in [0.25, 0.3) is 0 Å². The number of halogens is 2. The molecule has 0 saturated heterocycles. The molecule has 0 aliphatic carbocycles. The summed E-state index contributed by atoms with van der Waals surface area (Å²) in [6, 6.07) is 20.8. The fourth-order valence-electron chi connectivity index (χ4n) is 2.91. The zero-order valence-electron chi connectivity index (χ0n) is 17.6. The van der Waals surface area contributed by atoms with E-state index < -0.39 is 0 Å². The molecule has 0 heterocycles. The molecule has 3 N–H and O–H groups in total. The van der Waals surface area contributed by atoms with E-state index in [1.165, 1.54) is 17.3 Å². The molecule has 0 aliphatic rings. The number of anilines is 3. The summed E-state index contributed by atoms with van der Waals surface area (Å²) in [6.07, 6.45) is 0.663. The minimum atomic E-state index is -0.277. The van der Waals surface area contributed by atoms with E-state index in [1.807, 2.05) is 62.4 Å². The van der Waals surface area contributed by atoms with Gasteiger partial charge in [0, 0.05) is 32.0 Å². The van der Waals surface area contributed by atoms with Crippen LogP contribution in [0.15, 0.2) is 71.6 Å². The summed E-state index contributed by atoms with van der Waals surface area (Å²) in [4.78, 5) is 13.8. The number of hydrogen-bond donors (Lipinski definition) is 3. The van der Waals surface area contributed by atoms with Gasteiger partial charge in [0.1, 0.15) is 0 Å². The summed E-state index contributed by atoms with van der Waals surface area (Å²) in [5.74, 6) is -0.106. The molecule has 0 fully saturated rings. The van der Waals surface area contributed by atoms with Gasteiger partial charge in [-0.25, -0.2) is 0 Å². The van der Waals surface area contributed by atoms with E-state index in [0.717, 1.165) is 16.3 Å². The van der Waals surface area contributed by atoms with E-state index in [0.29, 0.717) is 27.3 Å². The predicted octanol–water partition coefficient (Wildman–Crippen LogP) is 7.62.